The zero-order chi connectivity index (χ0) is 10.8. The first-order chi connectivity index (χ1) is 7.20. The summed E-state index contributed by atoms with van der Waals surface area (Å²) in [5.74, 6) is -0.406. The van der Waals surface area contributed by atoms with Crippen LogP contribution in [0, 0.1) is 0 Å². The fourth-order valence-electron chi connectivity index (χ4n) is 1.86. The topological polar surface area (TPSA) is 59.2 Å². The van der Waals surface area contributed by atoms with Crippen molar-refractivity contribution in [2.24, 2.45) is 5.73 Å². The van der Waals surface area contributed by atoms with Crippen molar-refractivity contribution < 1.29 is 4.79 Å². The quantitative estimate of drug-likeness (QED) is 0.835. The van der Waals surface area contributed by atoms with Crippen molar-refractivity contribution >= 4 is 17.2 Å². The number of hydrogen-bond acceptors (Lipinski definition) is 4. The number of carbonyl (C=O) groups excluding carboxylic acids is 1. The van der Waals surface area contributed by atoms with Crippen LogP contribution in [0.15, 0.2) is 0 Å². The Balaban J connectivity index is 2.15. The van der Waals surface area contributed by atoms with Gasteiger partial charge in [0.1, 0.15) is 0 Å². The van der Waals surface area contributed by atoms with Gasteiger partial charge in [-0.05, 0) is 13.0 Å². The number of carbonyl (C=O) groups is 1. The minimum absolute atomic E-state index is 0.406. The lowest BCUT2D eigenvalue weighted by molar-refractivity contribution is 0.0999. The second-order valence-electron chi connectivity index (χ2n) is 3.78. The predicted octanol–water partition coefficient (Wildman–Crippen LogP) is 1.01. The standard InChI is InChI=1S/C10H15N3OS/c1-2-4-13-5-3-7-8(6-13)15-10(12-7)9(11)14/h2-6H2,1H3,(H2,11,14). The Morgan fingerprint density at radius 3 is 3.13 bits per heavy atom. The van der Waals surface area contributed by atoms with Crippen molar-refractivity contribution in [3.05, 3.63) is 15.6 Å². The van der Waals surface area contributed by atoms with Gasteiger partial charge in [-0.3, -0.25) is 9.69 Å². The minimum Gasteiger partial charge on any atom is -0.364 e. The van der Waals surface area contributed by atoms with E-state index in [4.69, 9.17) is 5.73 Å². The maximum Gasteiger partial charge on any atom is 0.277 e. The number of amides is 1. The normalized spacial score (nSPS) is 16.3. The Kier molecular flexibility index (Phi) is 3.02. The SMILES string of the molecule is CCCN1CCc2nc(C(N)=O)sc2C1. The third-order valence-corrected chi connectivity index (χ3v) is 3.66. The van der Waals surface area contributed by atoms with Crippen molar-refractivity contribution in [2.75, 3.05) is 13.1 Å². The minimum atomic E-state index is -0.406. The van der Waals surface area contributed by atoms with Crippen molar-refractivity contribution in [3.8, 4) is 0 Å². The largest absolute Gasteiger partial charge is 0.364 e. The van der Waals surface area contributed by atoms with E-state index in [9.17, 15) is 4.79 Å². The number of nitrogens with zero attached hydrogens (tertiary/aromatic N) is 2. The van der Waals surface area contributed by atoms with Gasteiger partial charge in [0.2, 0.25) is 0 Å². The van der Waals surface area contributed by atoms with Gasteiger partial charge >= 0.3 is 0 Å². The van der Waals surface area contributed by atoms with Gasteiger partial charge in [-0.2, -0.15) is 0 Å². The molecule has 1 aromatic heterocycles. The first-order valence-corrected chi connectivity index (χ1v) is 6.03. The number of nitrogens with two attached hydrogens (primary N) is 1. The van der Waals surface area contributed by atoms with Crippen LogP contribution in [0.3, 0.4) is 0 Å². The highest BCUT2D eigenvalue weighted by Gasteiger charge is 2.21. The summed E-state index contributed by atoms with van der Waals surface area (Å²) in [6.07, 6.45) is 2.11. The van der Waals surface area contributed by atoms with Crippen molar-refractivity contribution in [2.45, 2.75) is 26.3 Å². The molecule has 1 aliphatic heterocycles. The lowest BCUT2D eigenvalue weighted by atomic mass is 10.2. The zero-order valence-electron chi connectivity index (χ0n) is 8.82. The molecular weight excluding hydrogens is 210 g/mol. The number of rotatable bonds is 3. The van der Waals surface area contributed by atoms with Crippen LogP contribution in [0.4, 0.5) is 0 Å². The first-order valence-electron chi connectivity index (χ1n) is 5.21. The smallest absolute Gasteiger partial charge is 0.277 e. The fraction of sp³-hybridized carbons (Fsp3) is 0.600. The maximum atomic E-state index is 11.0. The highest BCUT2D eigenvalue weighted by Crippen LogP contribution is 2.24. The van der Waals surface area contributed by atoms with E-state index in [0.717, 1.165) is 38.2 Å². The average Bonchev–Trinajstić information content (AvgIpc) is 2.61. The summed E-state index contributed by atoms with van der Waals surface area (Å²) in [4.78, 5) is 18.9. The summed E-state index contributed by atoms with van der Waals surface area (Å²) in [5, 5.41) is 0.457. The lowest BCUT2D eigenvalue weighted by Gasteiger charge is -2.24. The van der Waals surface area contributed by atoms with Gasteiger partial charge in [0.15, 0.2) is 5.01 Å². The Hall–Kier alpha value is -0.940. The summed E-state index contributed by atoms with van der Waals surface area (Å²) < 4.78 is 0. The lowest BCUT2D eigenvalue weighted by Crippen LogP contribution is -2.30. The Labute approximate surface area is 93.1 Å². The van der Waals surface area contributed by atoms with E-state index >= 15 is 0 Å². The third kappa shape index (κ3) is 2.18. The molecule has 0 saturated carbocycles. The highest BCUT2D eigenvalue weighted by molar-refractivity contribution is 7.13. The molecule has 0 fully saturated rings. The summed E-state index contributed by atoms with van der Waals surface area (Å²) in [6, 6.07) is 0. The third-order valence-electron chi connectivity index (χ3n) is 2.56. The summed E-state index contributed by atoms with van der Waals surface area (Å²) in [5.41, 5.74) is 6.29. The molecule has 4 nitrogen and oxygen atoms in total. The molecule has 0 bridgehead atoms. The van der Waals surface area contributed by atoms with Gasteiger partial charge < -0.3 is 5.73 Å². The van der Waals surface area contributed by atoms with Crippen LogP contribution < -0.4 is 5.73 Å². The van der Waals surface area contributed by atoms with Crippen LogP contribution in [0.5, 0.6) is 0 Å². The van der Waals surface area contributed by atoms with Crippen molar-refractivity contribution in [1.82, 2.24) is 9.88 Å². The average molecular weight is 225 g/mol. The van der Waals surface area contributed by atoms with Crippen LogP contribution in [-0.2, 0) is 13.0 Å². The predicted molar refractivity (Wildman–Crippen MR) is 59.9 cm³/mol. The molecule has 0 unspecified atom stereocenters. The van der Waals surface area contributed by atoms with E-state index < -0.39 is 5.91 Å². The van der Waals surface area contributed by atoms with E-state index in [2.05, 4.69) is 16.8 Å². The van der Waals surface area contributed by atoms with E-state index in [0.29, 0.717) is 5.01 Å². The maximum absolute atomic E-state index is 11.0. The second-order valence-corrected chi connectivity index (χ2v) is 4.86. The molecule has 0 aliphatic carbocycles. The number of thiazole rings is 1. The summed E-state index contributed by atoms with van der Waals surface area (Å²) in [7, 11) is 0. The van der Waals surface area contributed by atoms with E-state index in [1.807, 2.05) is 0 Å². The molecule has 2 rings (SSSR count). The van der Waals surface area contributed by atoms with Gasteiger partial charge in [-0.15, -0.1) is 11.3 Å². The number of fused-ring (bicyclic) bond motifs is 1. The molecule has 15 heavy (non-hydrogen) atoms. The van der Waals surface area contributed by atoms with Crippen molar-refractivity contribution in [1.29, 1.82) is 0 Å². The van der Waals surface area contributed by atoms with Crippen molar-refractivity contribution in [3.63, 3.8) is 0 Å². The Bertz CT molecular complexity index is 375. The molecule has 82 valence electrons. The molecule has 0 saturated heterocycles. The molecule has 1 amide bonds. The van der Waals surface area contributed by atoms with Crippen LogP contribution in [0.25, 0.3) is 0 Å². The molecule has 2 heterocycles. The summed E-state index contributed by atoms with van der Waals surface area (Å²) in [6.45, 7) is 5.26. The van der Waals surface area contributed by atoms with Crippen LogP contribution >= 0.6 is 11.3 Å². The molecule has 1 aromatic rings. The molecule has 1 aliphatic rings. The van der Waals surface area contributed by atoms with Crippen LogP contribution in [0.1, 0.15) is 33.7 Å². The molecule has 0 spiro atoms. The molecule has 0 atom stereocenters. The Morgan fingerprint density at radius 1 is 1.67 bits per heavy atom. The fourth-order valence-corrected chi connectivity index (χ4v) is 2.86. The van der Waals surface area contributed by atoms with Gasteiger partial charge in [0.05, 0.1) is 5.69 Å². The first kappa shape index (κ1) is 10.6. The van der Waals surface area contributed by atoms with Gasteiger partial charge in [0.25, 0.3) is 5.91 Å². The van der Waals surface area contributed by atoms with E-state index in [-0.39, 0.29) is 0 Å². The summed E-state index contributed by atoms with van der Waals surface area (Å²) >= 11 is 1.45. The van der Waals surface area contributed by atoms with E-state index in [1.54, 1.807) is 0 Å². The molecule has 2 N–H and O–H groups in total. The zero-order valence-corrected chi connectivity index (χ0v) is 9.64. The number of primary amides is 1. The Morgan fingerprint density at radius 2 is 2.47 bits per heavy atom. The van der Waals surface area contributed by atoms with Crippen LogP contribution in [-0.4, -0.2) is 28.9 Å². The van der Waals surface area contributed by atoms with Crippen LogP contribution in [0.2, 0.25) is 0 Å². The molecule has 5 heteroatoms. The molecular formula is C10H15N3OS. The molecule has 0 aromatic carbocycles. The number of hydrogen-bond donors (Lipinski definition) is 1. The van der Waals surface area contributed by atoms with E-state index in [1.165, 1.54) is 16.2 Å². The van der Waals surface area contributed by atoms with Gasteiger partial charge in [-0.25, -0.2) is 4.98 Å². The van der Waals surface area contributed by atoms with Gasteiger partial charge in [-0.1, -0.05) is 6.92 Å². The number of aromatic nitrogens is 1. The highest BCUT2D eigenvalue weighted by atomic mass is 32.1. The van der Waals surface area contributed by atoms with Gasteiger partial charge in [0, 0.05) is 24.4 Å². The second kappa shape index (κ2) is 4.28. The monoisotopic (exact) mass is 225 g/mol. The molecule has 0 radical (unpaired) electrons.